The number of sulfonamides is 1. The van der Waals surface area contributed by atoms with Crippen molar-refractivity contribution in [2.45, 2.75) is 11.3 Å². The molecule has 0 aliphatic carbocycles. The Morgan fingerprint density at radius 3 is 2.78 bits per heavy atom. The molecule has 1 aromatic carbocycles. The molecule has 7 heteroatoms. The molecule has 5 nitrogen and oxygen atoms in total. The smallest absolute Gasteiger partial charge is 0.335 e. The lowest BCUT2D eigenvalue weighted by atomic mass is 10.2. The van der Waals surface area contributed by atoms with Gasteiger partial charge in [-0.25, -0.2) is 17.9 Å². The molecule has 0 aromatic heterocycles. The van der Waals surface area contributed by atoms with Crippen LogP contribution in [0, 0.1) is 0 Å². The van der Waals surface area contributed by atoms with Crippen LogP contribution in [0.15, 0.2) is 29.2 Å². The molecule has 18 heavy (non-hydrogen) atoms. The van der Waals surface area contributed by atoms with E-state index >= 15 is 0 Å². The van der Waals surface area contributed by atoms with E-state index in [4.69, 9.17) is 5.11 Å². The first kappa shape index (κ1) is 15.0. The number of carbonyl (C=O) groups is 1. The van der Waals surface area contributed by atoms with Crippen LogP contribution >= 0.6 is 11.8 Å². The van der Waals surface area contributed by atoms with Gasteiger partial charge < -0.3 is 5.11 Å². The number of thioether (sulfide) groups is 1. The van der Waals surface area contributed by atoms with Gasteiger partial charge in [0.2, 0.25) is 10.0 Å². The quantitative estimate of drug-likeness (QED) is 0.742. The molecule has 0 amide bonds. The Morgan fingerprint density at radius 2 is 2.17 bits per heavy atom. The first-order chi connectivity index (χ1) is 8.47. The van der Waals surface area contributed by atoms with Crippen LogP contribution in [0.2, 0.25) is 0 Å². The van der Waals surface area contributed by atoms with Crippen LogP contribution in [0.4, 0.5) is 0 Å². The highest BCUT2D eigenvalue weighted by molar-refractivity contribution is 7.98. The Bertz CT molecular complexity index is 514. The van der Waals surface area contributed by atoms with Crippen LogP contribution in [0.25, 0.3) is 0 Å². The van der Waals surface area contributed by atoms with E-state index in [1.54, 1.807) is 11.8 Å². The second-order valence-corrected chi connectivity index (χ2v) is 6.33. The van der Waals surface area contributed by atoms with Gasteiger partial charge in [0.05, 0.1) is 10.5 Å². The molecule has 0 bridgehead atoms. The van der Waals surface area contributed by atoms with Crippen molar-refractivity contribution in [3.05, 3.63) is 29.8 Å². The van der Waals surface area contributed by atoms with Gasteiger partial charge in [-0.05, 0) is 36.6 Å². The summed E-state index contributed by atoms with van der Waals surface area (Å²) in [6, 6.07) is 5.30. The van der Waals surface area contributed by atoms with Gasteiger partial charge in [-0.1, -0.05) is 6.07 Å². The number of benzene rings is 1. The third kappa shape index (κ3) is 4.32. The van der Waals surface area contributed by atoms with Gasteiger partial charge in [-0.15, -0.1) is 0 Å². The van der Waals surface area contributed by atoms with Crippen molar-refractivity contribution in [1.29, 1.82) is 0 Å². The molecule has 0 heterocycles. The lowest BCUT2D eigenvalue weighted by Gasteiger charge is -2.06. The molecular formula is C11H15NO4S2. The molecule has 0 atom stereocenters. The van der Waals surface area contributed by atoms with Crippen LogP contribution in [-0.2, 0) is 10.0 Å². The number of hydrogen-bond acceptors (Lipinski definition) is 4. The van der Waals surface area contributed by atoms with Gasteiger partial charge in [-0.2, -0.15) is 11.8 Å². The second-order valence-electron chi connectivity index (χ2n) is 3.58. The fourth-order valence-electron chi connectivity index (χ4n) is 1.30. The summed E-state index contributed by atoms with van der Waals surface area (Å²) in [5.41, 5.74) is -0.0398. The summed E-state index contributed by atoms with van der Waals surface area (Å²) >= 11 is 1.64. The molecule has 0 saturated heterocycles. The Morgan fingerprint density at radius 1 is 1.44 bits per heavy atom. The maximum atomic E-state index is 11.9. The molecule has 0 unspecified atom stereocenters. The first-order valence-corrected chi connectivity index (χ1v) is 8.17. The number of hydrogen-bond donors (Lipinski definition) is 2. The topological polar surface area (TPSA) is 83.5 Å². The number of aromatic carboxylic acids is 1. The highest BCUT2D eigenvalue weighted by Gasteiger charge is 2.15. The summed E-state index contributed by atoms with van der Waals surface area (Å²) < 4.78 is 26.2. The highest BCUT2D eigenvalue weighted by atomic mass is 32.2. The summed E-state index contributed by atoms with van der Waals surface area (Å²) in [5, 5.41) is 8.80. The summed E-state index contributed by atoms with van der Waals surface area (Å²) in [6.07, 6.45) is 2.68. The summed E-state index contributed by atoms with van der Waals surface area (Å²) in [5.74, 6) is -0.271. The van der Waals surface area contributed by atoms with Gasteiger partial charge >= 0.3 is 5.97 Å². The van der Waals surface area contributed by atoms with Crippen LogP contribution in [0.3, 0.4) is 0 Å². The number of nitrogens with one attached hydrogen (secondary N) is 1. The maximum Gasteiger partial charge on any atom is 0.335 e. The van der Waals surface area contributed by atoms with E-state index in [0.717, 1.165) is 18.2 Å². The Hall–Kier alpha value is -1.05. The van der Waals surface area contributed by atoms with Crippen LogP contribution in [0.1, 0.15) is 16.8 Å². The minimum absolute atomic E-state index is 0.0217. The summed E-state index contributed by atoms with van der Waals surface area (Å²) in [4.78, 5) is 10.7. The molecule has 0 aliphatic heterocycles. The molecule has 1 aromatic rings. The van der Waals surface area contributed by atoms with Crippen LogP contribution in [-0.4, -0.2) is 38.0 Å². The largest absolute Gasteiger partial charge is 0.478 e. The van der Waals surface area contributed by atoms with Crippen molar-refractivity contribution in [1.82, 2.24) is 4.72 Å². The number of rotatable bonds is 7. The SMILES string of the molecule is CSCCCNS(=O)(=O)c1cccc(C(=O)O)c1. The molecule has 0 spiro atoms. The molecule has 1 rings (SSSR count). The van der Waals surface area contributed by atoms with Crippen LogP contribution in [0.5, 0.6) is 0 Å². The van der Waals surface area contributed by atoms with Crippen molar-refractivity contribution in [2.75, 3.05) is 18.6 Å². The average molecular weight is 289 g/mol. The van der Waals surface area contributed by atoms with Crippen LogP contribution < -0.4 is 4.72 Å². The number of carboxylic acids is 1. The second kappa shape index (κ2) is 6.77. The van der Waals surface area contributed by atoms with E-state index in [-0.39, 0.29) is 10.5 Å². The van der Waals surface area contributed by atoms with Gasteiger partial charge in [0.15, 0.2) is 0 Å². The fourth-order valence-corrected chi connectivity index (χ4v) is 2.86. The minimum Gasteiger partial charge on any atom is -0.478 e. The molecule has 2 N–H and O–H groups in total. The van der Waals surface area contributed by atoms with E-state index in [2.05, 4.69) is 4.72 Å². The first-order valence-electron chi connectivity index (χ1n) is 5.29. The molecule has 0 radical (unpaired) electrons. The third-order valence-electron chi connectivity index (χ3n) is 2.21. The highest BCUT2D eigenvalue weighted by Crippen LogP contribution is 2.11. The molecule has 100 valence electrons. The van der Waals surface area contributed by atoms with Gasteiger partial charge in [0.1, 0.15) is 0 Å². The predicted octanol–water partition coefficient (Wildman–Crippen LogP) is 1.42. The molecule has 0 fully saturated rings. The Labute approximate surface area is 111 Å². The van der Waals surface area contributed by atoms with Gasteiger partial charge in [-0.3, -0.25) is 0 Å². The lowest BCUT2D eigenvalue weighted by molar-refractivity contribution is 0.0696. The van der Waals surface area contributed by atoms with Crippen molar-refractivity contribution < 1.29 is 18.3 Å². The minimum atomic E-state index is -3.62. The molecular weight excluding hydrogens is 274 g/mol. The van der Waals surface area contributed by atoms with E-state index in [0.29, 0.717) is 6.54 Å². The average Bonchev–Trinajstić information content (AvgIpc) is 2.35. The zero-order chi connectivity index (χ0) is 13.6. The zero-order valence-corrected chi connectivity index (χ0v) is 11.6. The van der Waals surface area contributed by atoms with E-state index in [1.165, 1.54) is 18.2 Å². The van der Waals surface area contributed by atoms with Crippen molar-refractivity contribution >= 4 is 27.8 Å². The Kier molecular flexibility index (Phi) is 5.64. The summed E-state index contributed by atoms with van der Waals surface area (Å²) in [7, 11) is -3.62. The van der Waals surface area contributed by atoms with E-state index in [9.17, 15) is 13.2 Å². The van der Waals surface area contributed by atoms with Gasteiger partial charge in [0, 0.05) is 6.54 Å². The monoisotopic (exact) mass is 289 g/mol. The van der Waals surface area contributed by atoms with Crippen molar-refractivity contribution in [2.24, 2.45) is 0 Å². The van der Waals surface area contributed by atoms with E-state index < -0.39 is 16.0 Å². The van der Waals surface area contributed by atoms with E-state index in [1.807, 2.05) is 6.26 Å². The molecule has 0 aliphatic rings. The zero-order valence-electron chi connectivity index (χ0n) is 9.92. The standard InChI is InChI=1S/C11H15NO4S2/c1-17-7-3-6-12-18(15,16)10-5-2-4-9(8-10)11(13)14/h2,4-5,8,12H,3,6-7H2,1H3,(H,13,14). The lowest BCUT2D eigenvalue weighted by Crippen LogP contribution is -2.25. The summed E-state index contributed by atoms with van der Waals surface area (Å²) in [6.45, 7) is 0.348. The number of carboxylic acid groups (broad SMARTS) is 1. The van der Waals surface area contributed by atoms with Crippen molar-refractivity contribution in [3.63, 3.8) is 0 Å². The predicted molar refractivity (Wildman–Crippen MR) is 71.6 cm³/mol. The molecule has 0 saturated carbocycles. The maximum absolute atomic E-state index is 11.9. The third-order valence-corrected chi connectivity index (χ3v) is 4.36. The fraction of sp³-hybridized carbons (Fsp3) is 0.364. The Balaban J connectivity index is 2.78. The normalized spacial score (nSPS) is 11.4. The van der Waals surface area contributed by atoms with Gasteiger partial charge in [0.25, 0.3) is 0 Å². The van der Waals surface area contributed by atoms with Crippen molar-refractivity contribution in [3.8, 4) is 0 Å².